The van der Waals surface area contributed by atoms with Gasteiger partial charge in [0, 0.05) is 26.9 Å². The van der Waals surface area contributed by atoms with E-state index >= 15 is 0 Å². The van der Waals surface area contributed by atoms with Gasteiger partial charge in [0.05, 0.1) is 5.56 Å². The van der Waals surface area contributed by atoms with E-state index in [-0.39, 0.29) is 5.78 Å². The van der Waals surface area contributed by atoms with Crippen molar-refractivity contribution in [3.8, 4) is 0 Å². The lowest BCUT2D eigenvalue weighted by molar-refractivity contribution is 0.103. The summed E-state index contributed by atoms with van der Waals surface area (Å²) in [7, 11) is 0. The Labute approximate surface area is 109 Å². The number of halogens is 2. The molecule has 0 saturated heterocycles. The summed E-state index contributed by atoms with van der Waals surface area (Å²) >= 11 is 6.68. The zero-order chi connectivity index (χ0) is 11.5. The normalized spacial score (nSPS) is 10.1. The lowest BCUT2D eigenvalue weighted by Gasteiger charge is -2.02. The van der Waals surface area contributed by atoms with Crippen LogP contribution in [0.4, 0.5) is 0 Å². The van der Waals surface area contributed by atoms with Crippen molar-refractivity contribution in [1.82, 2.24) is 9.97 Å². The molecule has 0 radical (unpaired) electrons. The number of carbonyl (C=O) groups excluding carboxylic acids is 1. The number of carbonyl (C=O) groups is 1. The van der Waals surface area contributed by atoms with Gasteiger partial charge in [-0.1, -0.05) is 31.9 Å². The molecule has 1 heterocycles. The maximum atomic E-state index is 12.0. The van der Waals surface area contributed by atoms with Crippen molar-refractivity contribution in [2.45, 2.75) is 0 Å². The molecule has 0 unspecified atom stereocenters. The third-order valence-electron chi connectivity index (χ3n) is 1.95. The molecule has 0 N–H and O–H groups in total. The summed E-state index contributed by atoms with van der Waals surface area (Å²) in [6, 6.07) is 5.40. The van der Waals surface area contributed by atoms with Crippen LogP contribution in [-0.2, 0) is 0 Å². The zero-order valence-corrected chi connectivity index (χ0v) is 11.2. The lowest BCUT2D eigenvalue weighted by atomic mass is 10.1. The highest BCUT2D eigenvalue weighted by atomic mass is 79.9. The van der Waals surface area contributed by atoms with Crippen LogP contribution in [0.3, 0.4) is 0 Å². The van der Waals surface area contributed by atoms with Crippen LogP contribution in [0.15, 0.2) is 45.9 Å². The fourth-order valence-electron chi connectivity index (χ4n) is 1.27. The number of hydrogen-bond donors (Lipinski definition) is 0. The SMILES string of the molecule is O=C(c1cncnc1)c1cc(Br)cc(Br)c1. The first-order valence-corrected chi connectivity index (χ1v) is 6.01. The van der Waals surface area contributed by atoms with Gasteiger partial charge in [-0.15, -0.1) is 0 Å². The largest absolute Gasteiger partial charge is 0.288 e. The van der Waals surface area contributed by atoms with Crippen molar-refractivity contribution in [1.29, 1.82) is 0 Å². The molecule has 0 bridgehead atoms. The van der Waals surface area contributed by atoms with Gasteiger partial charge in [0.15, 0.2) is 5.78 Å². The molecule has 0 aliphatic carbocycles. The molecule has 0 fully saturated rings. The van der Waals surface area contributed by atoms with Crippen molar-refractivity contribution in [2.24, 2.45) is 0 Å². The fourth-order valence-corrected chi connectivity index (χ4v) is 2.56. The van der Waals surface area contributed by atoms with Crippen molar-refractivity contribution < 1.29 is 4.79 Å². The highest BCUT2D eigenvalue weighted by Crippen LogP contribution is 2.21. The summed E-state index contributed by atoms with van der Waals surface area (Å²) in [6.07, 6.45) is 4.40. The molecule has 0 amide bonds. The molecule has 0 saturated carbocycles. The third kappa shape index (κ3) is 2.54. The number of rotatable bonds is 2. The second-order valence-electron chi connectivity index (χ2n) is 3.11. The van der Waals surface area contributed by atoms with Crippen LogP contribution in [0, 0.1) is 0 Å². The van der Waals surface area contributed by atoms with Crippen molar-refractivity contribution in [2.75, 3.05) is 0 Å². The number of ketones is 1. The maximum absolute atomic E-state index is 12.0. The van der Waals surface area contributed by atoms with E-state index in [9.17, 15) is 4.79 Å². The quantitative estimate of drug-likeness (QED) is 0.787. The Morgan fingerprint density at radius 1 is 0.938 bits per heavy atom. The summed E-state index contributed by atoms with van der Waals surface area (Å²) in [5, 5.41) is 0. The Bertz CT molecular complexity index is 509. The topological polar surface area (TPSA) is 42.9 Å². The molecule has 16 heavy (non-hydrogen) atoms. The summed E-state index contributed by atoms with van der Waals surface area (Å²) in [5.41, 5.74) is 1.07. The smallest absolute Gasteiger partial charge is 0.196 e. The summed E-state index contributed by atoms with van der Waals surface area (Å²) in [6.45, 7) is 0. The van der Waals surface area contributed by atoms with Gasteiger partial charge in [0.2, 0.25) is 0 Å². The first-order chi connectivity index (χ1) is 7.66. The van der Waals surface area contributed by atoms with E-state index in [0.717, 1.165) is 8.95 Å². The van der Waals surface area contributed by atoms with E-state index in [1.165, 1.54) is 18.7 Å². The second kappa shape index (κ2) is 4.84. The van der Waals surface area contributed by atoms with E-state index in [4.69, 9.17) is 0 Å². The van der Waals surface area contributed by atoms with Gasteiger partial charge in [-0.3, -0.25) is 4.79 Å². The molecule has 0 spiro atoms. The minimum absolute atomic E-state index is 0.0948. The molecular formula is C11H6Br2N2O. The Morgan fingerprint density at radius 2 is 1.50 bits per heavy atom. The minimum Gasteiger partial charge on any atom is -0.288 e. The highest BCUT2D eigenvalue weighted by Gasteiger charge is 2.10. The van der Waals surface area contributed by atoms with E-state index in [1.807, 2.05) is 6.07 Å². The third-order valence-corrected chi connectivity index (χ3v) is 2.86. The van der Waals surface area contributed by atoms with Crippen molar-refractivity contribution in [3.05, 3.63) is 57.0 Å². The molecule has 3 nitrogen and oxygen atoms in total. The highest BCUT2D eigenvalue weighted by molar-refractivity contribution is 9.11. The summed E-state index contributed by atoms with van der Waals surface area (Å²) in [5.74, 6) is -0.0948. The summed E-state index contributed by atoms with van der Waals surface area (Å²) < 4.78 is 1.70. The van der Waals surface area contributed by atoms with Crippen LogP contribution >= 0.6 is 31.9 Å². The molecular weight excluding hydrogens is 336 g/mol. The van der Waals surface area contributed by atoms with E-state index in [0.29, 0.717) is 11.1 Å². The molecule has 0 atom stereocenters. The van der Waals surface area contributed by atoms with Gasteiger partial charge in [-0.05, 0) is 18.2 Å². The molecule has 0 aliphatic rings. The fraction of sp³-hybridized carbons (Fsp3) is 0. The van der Waals surface area contributed by atoms with Crippen LogP contribution < -0.4 is 0 Å². The number of aromatic nitrogens is 2. The van der Waals surface area contributed by atoms with Crippen LogP contribution in [-0.4, -0.2) is 15.8 Å². The Kier molecular flexibility index (Phi) is 3.46. The number of hydrogen-bond acceptors (Lipinski definition) is 3. The van der Waals surface area contributed by atoms with E-state index in [2.05, 4.69) is 41.8 Å². The lowest BCUT2D eigenvalue weighted by Crippen LogP contribution is -2.02. The van der Waals surface area contributed by atoms with E-state index in [1.54, 1.807) is 12.1 Å². The van der Waals surface area contributed by atoms with E-state index < -0.39 is 0 Å². The maximum Gasteiger partial charge on any atom is 0.196 e. The van der Waals surface area contributed by atoms with Crippen LogP contribution in [0.25, 0.3) is 0 Å². The molecule has 80 valence electrons. The molecule has 1 aromatic carbocycles. The molecule has 0 aliphatic heterocycles. The predicted octanol–water partition coefficient (Wildman–Crippen LogP) is 3.23. The monoisotopic (exact) mass is 340 g/mol. The number of benzene rings is 1. The van der Waals surface area contributed by atoms with Gasteiger partial charge in [-0.2, -0.15) is 0 Å². The Hall–Kier alpha value is -1.07. The van der Waals surface area contributed by atoms with Gasteiger partial charge in [0.25, 0.3) is 0 Å². The van der Waals surface area contributed by atoms with Crippen LogP contribution in [0.2, 0.25) is 0 Å². The molecule has 1 aromatic heterocycles. The molecule has 2 aromatic rings. The van der Waals surface area contributed by atoms with Crippen molar-refractivity contribution in [3.63, 3.8) is 0 Å². The number of nitrogens with zero attached hydrogens (tertiary/aromatic N) is 2. The standard InChI is InChI=1S/C11H6Br2N2O/c12-9-1-7(2-10(13)3-9)11(16)8-4-14-6-15-5-8/h1-6H. The van der Waals surface area contributed by atoms with Crippen LogP contribution in [0.5, 0.6) is 0 Å². The first kappa shape index (κ1) is 11.4. The first-order valence-electron chi connectivity index (χ1n) is 4.42. The van der Waals surface area contributed by atoms with Crippen molar-refractivity contribution >= 4 is 37.6 Å². The Morgan fingerprint density at radius 3 is 2.06 bits per heavy atom. The van der Waals surface area contributed by atoms with Gasteiger partial charge in [0.1, 0.15) is 6.33 Å². The molecule has 5 heteroatoms. The predicted molar refractivity (Wildman–Crippen MR) is 67.3 cm³/mol. The second-order valence-corrected chi connectivity index (χ2v) is 4.95. The minimum atomic E-state index is -0.0948. The summed E-state index contributed by atoms with van der Waals surface area (Å²) in [4.78, 5) is 19.7. The molecule has 2 rings (SSSR count). The van der Waals surface area contributed by atoms with Gasteiger partial charge >= 0.3 is 0 Å². The van der Waals surface area contributed by atoms with Crippen LogP contribution in [0.1, 0.15) is 15.9 Å². The van der Waals surface area contributed by atoms with Gasteiger partial charge < -0.3 is 0 Å². The zero-order valence-electron chi connectivity index (χ0n) is 8.02. The Balaban J connectivity index is 2.42. The van der Waals surface area contributed by atoms with Gasteiger partial charge in [-0.25, -0.2) is 9.97 Å². The average Bonchev–Trinajstić information content (AvgIpc) is 2.28. The average molecular weight is 342 g/mol.